The van der Waals surface area contributed by atoms with Crippen LogP contribution in [0.5, 0.6) is 5.75 Å². The Morgan fingerprint density at radius 1 is 1.26 bits per heavy atom. The lowest BCUT2D eigenvalue weighted by Crippen LogP contribution is -2.14. The number of fused-ring (bicyclic) bond motifs is 2. The Labute approximate surface area is 108 Å². The molecule has 1 N–H and O–H groups in total. The van der Waals surface area contributed by atoms with Crippen LogP contribution in [0.15, 0.2) is 36.7 Å². The van der Waals surface area contributed by atoms with Gasteiger partial charge in [-0.15, -0.1) is 5.10 Å². The Balaban J connectivity index is 1.71. The van der Waals surface area contributed by atoms with Crippen LogP contribution in [0.25, 0.3) is 5.65 Å². The van der Waals surface area contributed by atoms with E-state index in [1.807, 2.05) is 24.3 Å². The van der Waals surface area contributed by atoms with Gasteiger partial charge in [0.2, 0.25) is 0 Å². The molecular weight excluding hydrogens is 244 g/mol. The number of nitrogens with one attached hydrogen (secondary N) is 1. The van der Waals surface area contributed by atoms with E-state index in [1.165, 1.54) is 0 Å². The summed E-state index contributed by atoms with van der Waals surface area (Å²) in [6, 6.07) is 8.05. The van der Waals surface area contributed by atoms with Crippen molar-refractivity contribution < 1.29 is 4.74 Å². The number of para-hydroxylation sites is 1. The summed E-state index contributed by atoms with van der Waals surface area (Å²) in [6.07, 6.45) is 3.31. The molecular formula is C12H10N6O. The average Bonchev–Trinajstić information content (AvgIpc) is 3.06. The Hall–Kier alpha value is -2.70. The topological polar surface area (TPSA) is 77.2 Å². The van der Waals surface area contributed by atoms with Gasteiger partial charge in [-0.1, -0.05) is 18.2 Å². The largest absolute Gasteiger partial charge is 0.491 e. The molecule has 19 heavy (non-hydrogen) atoms. The third-order valence-electron chi connectivity index (χ3n) is 3.13. The monoisotopic (exact) mass is 254 g/mol. The first-order chi connectivity index (χ1) is 9.42. The molecule has 7 heteroatoms. The molecule has 3 heterocycles. The third-order valence-corrected chi connectivity index (χ3v) is 3.13. The van der Waals surface area contributed by atoms with Crippen molar-refractivity contribution >= 4 is 11.5 Å². The lowest BCUT2D eigenvalue weighted by atomic mass is 10.1. The number of aromatic nitrogens is 5. The van der Waals surface area contributed by atoms with Gasteiger partial charge in [-0.05, 0) is 16.5 Å². The number of anilines is 1. The molecule has 1 aromatic carbocycles. The van der Waals surface area contributed by atoms with Gasteiger partial charge < -0.3 is 10.1 Å². The first-order valence-corrected chi connectivity index (χ1v) is 5.92. The fourth-order valence-corrected chi connectivity index (χ4v) is 2.23. The van der Waals surface area contributed by atoms with Crippen LogP contribution in [0.1, 0.15) is 11.6 Å². The van der Waals surface area contributed by atoms with Crippen LogP contribution in [0.4, 0.5) is 5.82 Å². The second kappa shape index (κ2) is 3.91. The van der Waals surface area contributed by atoms with E-state index in [1.54, 1.807) is 16.9 Å². The third kappa shape index (κ3) is 1.59. The molecule has 4 rings (SSSR count). The fourth-order valence-electron chi connectivity index (χ4n) is 2.23. The normalized spacial score (nSPS) is 17.2. The molecule has 94 valence electrons. The molecule has 1 unspecified atom stereocenters. The molecule has 3 aromatic rings. The van der Waals surface area contributed by atoms with Crippen molar-refractivity contribution in [1.82, 2.24) is 25.0 Å². The maximum Gasteiger partial charge on any atom is 0.199 e. The molecule has 2 aromatic heterocycles. The summed E-state index contributed by atoms with van der Waals surface area (Å²) in [5.41, 5.74) is 1.74. The highest BCUT2D eigenvalue weighted by Crippen LogP contribution is 2.33. The van der Waals surface area contributed by atoms with E-state index < -0.39 is 0 Å². The second-order valence-corrected chi connectivity index (χ2v) is 4.29. The fraction of sp³-hybridized carbons (Fsp3) is 0.167. The Morgan fingerprint density at radius 2 is 2.21 bits per heavy atom. The zero-order valence-corrected chi connectivity index (χ0v) is 9.89. The van der Waals surface area contributed by atoms with E-state index in [0.717, 1.165) is 17.1 Å². The number of hydrogen-bond acceptors (Lipinski definition) is 6. The van der Waals surface area contributed by atoms with Gasteiger partial charge in [-0.25, -0.2) is 0 Å². The first-order valence-electron chi connectivity index (χ1n) is 5.92. The Kier molecular flexibility index (Phi) is 2.11. The predicted molar refractivity (Wildman–Crippen MR) is 66.9 cm³/mol. The number of rotatable bonds is 2. The number of tetrazole rings is 1. The van der Waals surface area contributed by atoms with Crippen molar-refractivity contribution in [3.05, 3.63) is 42.2 Å². The van der Waals surface area contributed by atoms with Crippen molar-refractivity contribution in [3.8, 4) is 5.75 Å². The van der Waals surface area contributed by atoms with Gasteiger partial charge in [-0.2, -0.15) is 4.52 Å². The average molecular weight is 254 g/mol. The van der Waals surface area contributed by atoms with Crippen molar-refractivity contribution in [3.63, 3.8) is 0 Å². The van der Waals surface area contributed by atoms with E-state index in [9.17, 15) is 0 Å². The molecule has 0 fully saturated rings. The highest BCUT2D eigenvalue weighted by Gasteiger charge is 2.24. The molecule has 1 aliphatic rings. The molecule has 0 amide bonds. The summed E-state index contributed by atoms with van der Waals surface area (Å²) in [7, 11) is 0. The van der Waals surface area contributed by atoms with E-state index in [2.05, 4.69) is 25.8 Å². The number of nitrogens with zero attached hydrogens (tertiary/aromatic N) is 5. The van der Waals surface area contributed by atoms with Crippen molar-refractivity contribution in [2.24, 2.45) is 0 Å². The van der Waals surface area contributed by atoms with Crippen LogP contribution in [0.2, 0.25) is 0 Å². The molecule has 0 bridgehead atoms. The molecule has 0 saturated carbocycles. The van der Waals surface area contributed by atoms with Gasteiger partial charge >= 0.3 is 0 Å². The molecule has 0 spiro atoms. The van der Waals surface area contributed by atoms with E-state index in [-0.39, 0.29) is 6.04 Å². The highest BCUT2D eigenvalue weighted by atomic mass is 16.5. The zero-order valence-electron chi connectivity index (χ0n) is 9.89. The Bertz CT molecular complexity index is 740. The molecule has 1 atom stereocenters. The van der Waals surface area contributed by atoms with Crippen molar-refractivity contribution in [2.75, 3.05) is 11.9 Å². The summed E-state index contributed by atoms with van der Waals surface area (Å²) >= 11 is 0. The maximum atomic E-state index is 5.63. The summed E-state index contributed by atoms with van der Waals surface area (Å²) in [5.74, 6) is 1.66. The van der Waals surface area contributed by atoms with Gasteiger partial charge in [0.15, 0.2) is 11.5 Å². The van der Waals surface area contributed by atoms with Gasteiger partial charge in [0.1, 0.15) is 12.4 Å². The minimum Gasteiger partial charge on any atom is -0.491 e. The van der Waals surface area contributed by atoms with Gasteiger partial charge in [0, 0.05) is 5.56 Å². The molecule has 0 radical (unpaired) electrons. The minimum absolute atomic E-state index is 0.0767. The van der Waals surface area contributed by atoms with Gasteiger partial charge in [0.05, 0.1) is 18.4 Å². The summed E-state index contributed by atoms with van der Waals surface area (Å²) in [6.45, 7) is 0.581. The van der Waals surface area contributed by atoms with E-state index in [4.69, 9.17) is 4.74 Å². The van der Waals surface area contributed by atoms with Crippen LogP contribution >= 0.6 is 0 Å². The zero-order chi connectivity index (χ0) is 12.7. The SMILES string of the molecule is c1ccc2c(c1)OCC2Nc1cncc2nnnn12. The first kappa shape index (κ1) is 10.2. The van der Waals surface area contributed by atoms with Crippen LogP contribution in [0, 0.1) is 0 Å². The van der Waals surface area contributed by atoms with Crippen molar-refractivity contribution in [1.29, 1.82) is 0 Å². The second-order valence-electron chi connectivity index (χ2n) is 4.29. The lowest BCUT2D eigenvalue weighted by Gasteiger charge is -2.12. The van der Waals surface area contributed by atoms with Crippen LogP contribution in [0.3, 0.4) is 0 Å². The number of benzene rings is 1. The molecule has 1 aliphatic heterocycles. The van der Waals surface area contributed by atoms with Gasteiger partial charge in [-0.3, -0.25) is 4.98 Å². The molecule has 7 nitrogen and oxygen atoms in total. The maximum absolute atomic E-state index is 5.63. The van der Waals surface area contributed by atoms with Crippen LogP contribution in [-0.2, 0) is 0 Å². The number of ether oxygens (including phenoxy) is 1. The van der Waals surface area contributed by atoms with Crippen LogP contribution in [-0.4, -0.2) is 31.6 Å². The van der Waals surface area contributed by atoms with Crippen molar-refractivity contribution in [2.45, 2.75) is 6.04 Å². The summed E-state index contributed by atoms with van der Waals surface area (Å²) < 4.78 is 7.25. The molecule has 0 aliphatic carbocycles. The quantitative estimate of drug-likeness (QED) is 0.737. The number of hydrogen-bond donors (Lipinski definition) is 1. The standard InChI is InChI=1S/C12H10N6O/c1-2-4-10-8(3-1)9(7-19-10)14-11-5-13-6-12-15-16-17-18(11)12/h1-6,9,14H,7H2. The summed E-state index contributed by atoms with van der Waals surface area (Å²) in [5, 5.41) is 14.8. The van der Waals surface area contributed by atoms with E-state index in [0.29, 0.717) is 12.3 Å². The predicted octanol–water partition coefficient (Wildman–Crippen LogP) is 1.06. The smallest absolute Gasteiger partial charge is 0.199 e. The Morgan fingerprint density at radius 3 is 3.21 bits per heavy atom. The van der Waals surface area contributed by atoms with Gasteiger partial charge in [0.25, 0.3) is 0 Å². The lowest BCUT2D eigenvalue weighted by molar-refractivity contribution is 0.339. The minimum atomic E-state index is 0.0767. The molecule has 0 saturated heterocycles. The van der Waals surface area contributed by atoms with Crippen LogP contribution < -0.4 is 10.1 Å². The van der Waals surface area contributed by atoms with E-state index >= 15 is 0 Å². The summed E-state index contributed by atoms with van der Waals surface area (Å²) in [4.78, 5) is 4.12. The highest BCUT2D eigenvalue weighted by molar-refractivity contribution is 5.49.